The molecule has 1 fully saturated rings. The Kier molecular flexibility index (Phi) is 7.67. The van der Waals surface area contributed by atoms with Crippen LogP contribution >= 0.6 is 23.4 Å². The van der Waals surface area contributed by atoms with Gasteiger partial charge < -0.3 is 14.8 Å². The number of non-ortho nitro benzene ring substituents is 1. The van der Waals surface area contributed by atoms with Gasteiger partial charge >= 0.3 is 0 Å². The summed E-state index contributed by atoms with van der Waals surface area (Å²) in [5.41, 5.74) is 0.884. The number of nitrogens with one attached hydrogen (secondary N) is 1. The Balaban J connectivity index is 1.44. The third-order valence-electron chi connectivity index (χ3n) is 5.67. The van der Waals surface area contributed by atoms with Gasteiger partial charge in [0.05, 0.1) is 27.3 Å². The van der Waals surface area contributed by atoms with Gasteiger partial charge in [0.15, 0.2) is 11.0 Å². The third kappa shape index (κ3) is 5.46. The lowest BCUT2D eigenvalue weighted by molar-refractivity contribution is -0.384. The Morgan fingerprint density at radius 2 is 1.94 bits per heavy atom. The van der Waals surface area contributed by atoms with Crippen molar-refractivity contribution in [2.75, 3.05) is 17.6 Å². The summed E-state index contributed by atoms with van der Waals surface area (Å²) < 4.78 is 1.92. The summed E-state index contributed by atoms with van der Waals surface area (Å²) >= 11 is 7.49. The first-order valence-corrected chi connectivity index (χ1v) is 12.4. The molecule has 1 aromatic heterocycles. The number of benzene rings is 2. The molecule has 0 bridgehead atoms. The fourth-order valence-electron chi connectivity index (χ4n) is 4.01. The van der Waals surface area contributed by atoms with E-state index in [-0.39, 0.29) is 29.3 Å². The molecule has 2 heterocycles. The number of hydrogen-bond acceptors (Lipinski definition) is 7. The highest BCUT2D eigenvalue weighted by Gasteiger charge is 2.35. The van der Waals surface area contributed by atoms with E-state index in [9.17, 15) is 19.7 Å². The molecule has 12 heteroatoms. The molecule has 3 aromatic rings. The van der Waals surface area contributed by atoms with E-state index >= 15 is 0 Å². The monoisotopic (exact) mass is 514 g/mol. The van der Waals surface area contributed by atoms with Crippen LogP contribution in [0.4, 0.5) is 11.4 Å². The molecule has 1 N–H and O–H groups in total. The lowest BCUT2D eigenvalue weighted by Gasteiger charge is -2.25. The van der Waals surface area contributed by atoms with Gasteiger partial charge in [-0.2, -0.15) is 0 Å². The minimum atomic E-state index is -0.496. The normalized spacial score (nSPS) is 15.3. The van der Waals surface area contributed by atoms with Gasteiger partial charge in [0, 0.05) is 30.9 Å². The third-order valence-corrected chi connectivity index (χ3v) is 6.97. The van der Waals surface area contributed by atoms with Crippen molar-refractivity contribution < 1.29 is 14.5 Å². The summed E-state index contributed by atoms with van der Waals surface area (Å²) in [4.78, 5) is 37.7. The number of carbonyl (C=O) groups excluding carboxylic acids is 2. The first kappa shape index (κ1) is 24.7. The van der Waals surface area contributed by atoms with Crippen molar-refractivity contribution in [2.45, 2.75) is 37.5 Å². The predicted molar refractivity (Wildman–Crippen MR) is 133 cm³/mol. The van der Waals surface area contributed by atoms with Crippen LogP contribution in [0.1, 0.15) is 42.0 Å². The number of nitro benzene ring substituents is 1. The average Bonchev–Trinajstić information content (AvgIpc) is 3.49. The molecule has 2 amide bonds. The molecule has 0 aliphatic carbocycles. The topological polar surface area (TPSA) is 123 Å². The fraction of sp³-hybridized carbons (Fsp3) is 0.304. The van der Waals surface area contributed by atoms with Crippen molar-refractivity contribution in [3.8, 4) is 0 Å². The van der Waals surface area contributed by atoms with Gasteiger partial charge in [0.2, 0.25) is 5.91 Å². The van der Waals surface area contributed by atoms with Crippen molar-refractivity contribution in [3.63, 3.8) is 0 Å². The van der Waals surface area contributed by atoms with Crippen LogP contribution in [0.5, 0.6) is 0 Å². The Morgan fingerprint density at radius 1 is 1.20 bits per heavy atom. The molecule has 1 atom stereocenters. The average molecular weight is 515 g/mol. The molecule has 1 aliphatic rings. The number of rotatable bonds is 8. The van der Waals surface area contributed by atoms with Gasteiger partial charge in [-0.25, -0.2) is 0 Å². The highest BCUT2D eigenvalue weighted by molar-refractivity contribution is 7.99. The lowest BCUT2D eigenvalue weighted by Crippen LogP contribution is -2.32. The van der Waals surface area contributed by atoms with Crippen molar-refractivity contribution in [1.82, 2.24) is 19.7 Å². The molecule has 1 aliphatic heterocycles. The van der Waals surface area contributed by atoms with Crippen LogP contribution in [0.2, 0.25) is 5.02 Å². The number of halogens is 1. The van der Waals surface area contributed by atoms with Crippen molar-refractivity contribution in [2.24, 2.45) is 0 Å². The Bertz CT molecular complexity index is 1250. The zero-order valence-electron chi connectivity index (χ0n) is 18.9. The lowest BCUT2D eigenvalue weighted by atomic mass is 10.1. The maximum atomic E-state index is 13.2. The fourth-order valence-corrected chi connectivity index (χ4v) is 5.04. The number of aromatic nitrogens is 3. The van der Waals surface area contributed by atoms with Gasteiger partial charge in [-0.1, -0.05) is 35.5 Å². The van der Waals surface area contributed by atoms with Crippen LogP contribution < -0.4 is 5.32 Å². The van der Waals surface area contributed by atoms with Gasteiger partial charge in [-0.15, -0.1) is 10.2 Å². The van der Waals surface area contributed by atoms with Crippen molar-refractivity contribution >= 4 is 46.6 Å². The van der Waals surface area contributed by atoms with Crippen LogP contribution in [0.25, 0.3) is 0 Å². The molecule has 1 saturated heterocycles. The second kappa shape index (κ2) is 10.9. The number of likely N-dealkylation sites (tertiary alicyclic amines) is 1. The zero-order valence-corrected chi connectivity index (χ0v) is 20.5. The molecule has 0 spiro atoms. The summed E-state index contributed by atoms with van der Waals surface area (Å²) in [6.45, 7) is 3.15. The van der Waals surface area contributed by atoms with Gasteiger partial charge in [0.25, 0.3) is 11.6 Å². The highest BCUT2D eigenvalue weighted by Crippen LogP contribution is 2.34. The van der Waals surface area contributed by atoms with Gasteiger partial charge in [-0.3, -0.25) is 19.7 Å². The van der Waals surface area contributed by atoms with E-state index in [1.165, 1.54) is 36.0 Å². The molecular weight excluding hydrogens is 492 g/mol. The van der Waals surface area contributed by atoms with E-state index in [2.05, 4.69) is 15.5 Å². The standard InChI is InChI=1S/C23H23ClN6O4S/c1-2-28-21(19-8-5-13-29(19)22(32)17-6-3-4-7-18(17)24)26-27-23(28)35-14-20(31)25-15-9-11-16(12-10-15)30(33)34/h3-4,6-7,9-12,19H,2,5,8,13-14H2,1H3,(H,25,31). The number of nitrogens with zero attached hydrogens (tertiary/aromatic N) is 5. The smallest absolute Gasteiger partial charge is 0.269 e. The maximum Gasteiger partial charge on any atom is 0.269 e. The number of carbonyl (C=O) groups is 2. The van der Waals surface area contributed by atoms with Crippen LogP contribution in [-0.2, 0) is 11.3 Å². The summed E-state index contributed by atoms with van der Waals surface area (Å²) in [6.07, 6.45) is 1.61. The molecule has 0 saturated carbocycles. The summed E-state index contributed by atoms with van der Waals surface area (Å²) in [7, 11) is 0. The Morgan fingerprint density at radius 3 is 2.63 bits per heavy atom. The molecule has 4 rings (SSSR count). The summed E-state index contributed by atoms with van der Waals surface area (Å²) in [5.74, 6) is 0.360. The van der Waals surface area contributed by atoms with E-state index in [0.717, 1.165) is 12.8 Å². The number of nitro groups is 1. The van der Waals surface area contributed by atoms with E-state index in [0.29, 0.717) is 40.3 Å². The van der Waals surface area contributed by atoms with E-state index in [4.69, 9.17) is 11.6 Å². The van der Waals surface area contributed by atoms with Crippen LogP contribution in [0, 0.1) is 10.1 Å². The van der Waals surface area contributed by atoms with Gasteiger partial charge in [-0.05, 0) is 44.0 Å². The SMILES string of the molecule is CCn1c(SCC(=O)Nc2ccc([N+](=O)[O-])cc2)nnc1C1CCCN1C(=O)c1ccccc1Cl. The van der Waals surface area contributed by atoms with E-state index in [1.54, 1.807) is 29.2 Å². The van der Waals surface area contributed by atoms with E-state index in [1.807, 2.05) is 11.5 Å². The second-order valence-electron chi connectivity index (χ2n) is 7.86. The number of thioether (sulfide) groups is 1. The van der Waals surface area contributed by atoms with Crippen molar-refractivity contribution in [1.29, 1.82) is 0 Å². The van der Waals surface area contributed by atoms with Crippen LogP contribution in [0.3, 0.4) is 0 Å². The quantitative estimate of drug-likeness (QED) is 0.265. The number of anilines is 1. The second-order valence-corrected chi connectivity index (χ2v) is 9.21. The molecule has 2 aromatic carbocycles. The molecular formula is C23H23ClN6O4S. The molecule has 1 unspecified atom stereocenters. The summed E-state index contributed by atoms with van der Waals surface area (Å²) in [5, 5.41) is 23.1. The molecule has 0 radical (unpaired) electrons. The summed E-state index contributed by atoms with van der Waals surface area (Å²) in [6, 6.07) is 12.4. The Labute approximate surface area is 210 Å². The van der Waals surface area contributed by atoms with Crippen LogP contribution in [-0.4, -0.2) is 48.7 Å². The molecule has 10 nitrogen and oxygen atoms in total. The maximum absolute atomic E-state index is 13.2. The van der Waals surface area contributed by atoms with E-state index < -0.39 is 4.92 Å². The van der Waals surface area contributed by atoms with Gasteiger partial charge in [0.1, 0.15) is 0 Å². The molecule has 35 heavy (non-hydrogen) atoms. The molecule has 182 valence electrons. The minimum absolute atomic E-state index is 0.0464. The van der Waals surface area contributed by atoms with Crippen molar-refractivity contribution in [3.05, 3.63) is 75.1 Å². The zero-order chi connectivity index (χ0) is 24.9. The number of amides is 2. The minimum Gasteiger partial charge on any atom is -0.328 e. The van der Waals surface area contributed by atoms with Crippen LogP contribution in [0.15, 0.2) is 53.7 Å². The largest absolute Gasteiger partial charge is 0.328 e. The first-order valence-electron chi connectivity index (χ1n) is 11.0. The first-order chi connectivity index (χ1) is 16.9. The number of hydrogen-bond donors (Lipinski definition) is 1. The predicted octanol–water partition coefficient (Wildman–Crippen LogP) is 4.57. The Hall–Kier alpha value is -3.44. The highest BCUT2D eigenvalue weighted by atomic mass is 35.5.